The first-order chi connectivity index (χ1) is 7.72. The summed E-state index contributed by atoms with van der Waals surface area (Å²) in [5.41, 5.74) is 6.71. The number of hydrogen-bond donors (Lipinski definition) is 1. The Balaban J connectivity index is 2.26. The minimum atomic E-state index is -0.0254. The van der Waals surface area contributed by atoms with Crippen LogP contribution in [0.25, 0.3) is 0 Å². The molecule has 0 bridgehead atoms. The van der Waals surface area contributed by atoms with Gasteiger partial charge in [0.05, 0.1) is 5.69 Å². The maximum absolute atomic E-state index is 11.8. The van der Waals surface area contributed by atoms with Crippen LogP contribution >= 0.6 is 0 Å². The Morgan fingerprint density at radius 3 is 3.00 bits per heavy atom. The average molecular weight is 220 g/mol. The first-order valence-corrected chi connectivity index (χ1v) is 5.50. The Morgan fingerprint density at radius 2 is 2.25 bits per heavy atom. The lowest BCUT2D eigenvalue weighted by Gasteiger charge is -2.30. The van der Waals surface area contributed by atoms with Gasteiger partial charge in [-0.2, -0.15) is 0 Å². The maximum Gasteiger partial charge on any atom is 0.265 e. The van der Waals surface area contributed by atoms with Gasteiger partial charge in [0.25, 0.3) is 5.91 Å². The molecule has 1 atom stereocenters. The van der Waals surface area contributed by atoms with E-state index in [1.165, 1.54) is 0 Å². The van der Waals surface area contributed by atoms with Crippen molar-refractivity contribution in [1.29, 1.82) is 0 Å². The normalized spacial score (nSPS) is 16.6. The van der Waals surface area contributed by atoms with Gasteiger partial charge in [-0.15, -0.1) is 0 Å². The second-order valence-corrected chi connectivity index (χ2v) is 3.93. The summed E-state index contributed by atoms with van der Waals surface area (Å²) in [5, 5.41) is 0. The van der Waals surface area contributed by atoms with E-state index in [0.717, 1.165) is 17.9 Å². The number of rotatable bonds is 3. The molecule has 2 rings (SSSR count). The van der Waals surface area contributed by atoms with Crippen LogP contribution in [0.15, 0.2) is 24.3 Å². The molecule has 86 valence electrons. The van der Waals surface area contributed by atoms with Crippen molar-refractivity contribution in [3.05, 3.63) is 24.3 Å². The van der Waals surface area contributed by atoms with Gasteiger partial charge >= 0.3 is 0 Å². The fourth-order valence-electron chi connectivity index (χ4n) is 1.72. The topological polar surface area (TPSA) is 55.6 Å². The standard InChI is InChI=1S/C12H16N2O2/c1-2-9(13)7-14-10-5-3-4-6-11(10)16-8-12(14)15/h3-6,9H,2,7-8,13H2,1H3. The van der Waals surface area contributed by atoms with E-state index in [9.17, 15) is 4.79 Å². The van der Waals surface area contributed by atoms with Gasteiger partial charge in [-0.05, 0) is 18.6 Å². The molecular formula is C12H16N2O2. The summed E-state index contributed by atoms with van der Waals surface area (Å²) in [6.07, 6.45) is 0.854. The molecule has 1 aliphatic heterocycles. The number of nitrogens with zero attached hydrogens (tertiary/aromatic N) is 1. The van der Waals surface area contributed by atoms with Gasteiger partial charge in [-0.25, -0.2) is 0 Å². The average Bonchev–Trinajstić information content (AvgIpc) is 2.32. The summed E-state index contributed by atoms with van der Waals surface area (Å²) < 4.78 is 5.35. The predicted octanol–water partition coefficient (Wildman–Crippen LogP) is 1.15. The summed E-state index contributed by atoms with van der Waals surface area (Å²) in [7, 11) is 0. The van der Waals surface area contributed by atoms with Crippen LogP contribution in [0.3, 0.4) is 0 Å². The number of carbonyl (C=O) groups is 1. The van der Waals surface area contributed by atoms with Gasteiger partial charge < -0.3 is 15.4 Å². The first-order valence-electron chi connectivity index (χ1n) is 5.50. The highest BCUT2D eigenvalue weighted by Gasteiger charge is 2.25. The third kappa shape index (κ3) is 2.02. The van der Waals surface area contributed by atoms with E-state index in [1.54, 1.807) is 4.90 Å². The van der Waals surface area contributed by atoms with Crippen molar-refractivity contribution in [2.45, 2.75) is 19.4 Å². The largest absolute Gasteiger partial charge is 0.482 e. The number of nitrogens with two attached hydrogens (primary N) is 1. The SMILES string of the molecule is CCC(N)CN1C(=O)COc2ccccc21. The van der Waals surface area contributed by atoms with Crippen LogP contribution in [0.2, 0.25) is 0 Å². The summed E-state index contributed by atoms with van der Waals surface area (Å²) in [6, 6.07) is 7.55. The van der Waals surface area contributed by atoms with E-state index < -0.39 is 0 Å². The minimum absolute atomic E-state index is 0.00936. The van der Waals surface area contributed by atoms with Crippen molar-refractivity contribution < 1.29 is 9.53 Å². The van der Waals surface area contributed by atoms with Crippen molar-refractivity contribution >= 4 is 11.6 Å². The van der Waals surface area contributed by atoms with E-state index in [0.29, 0.717) is 6.54 Å². The molecule has 16 heavy (non-hydrogen) atoms. The molecule has 0 fully saturated rings. The molecule has 4 heteroatoms. The Hall–Kier alpha value is -1.55. The highest BCUT2D eigenvalue weighted by Crippen LogP contribution is 2.31. The lowest BCUT2D eigenvalue weighted by molar-refractivity contribution is -0.121. The van der Waals surface area contributed by atoms with Crippen LogP contribution in [0, 0.1) is 0 Å². The highest BCUT2D eigenvalue weighted by molar-refractivity contribution is 5.97. The van der Waals surface area contributed by atoms with E-state index in [1.807, 2.05) is 31.2 Å². The third-order valence-electron chi connectivity index (χ3n) is 2.75. The Kier molecular flexibility index (Phi) is 3.10. The zero-order valence-electron chi connectivity index (χ0n) is 9.35. The van der Waals surface area contributed by atoms with Crippen LogP contribution < -0.4 is 15.4 Å². The molecule has 1 aromatic carbocycles. The van der Waals surface area contributed by atoms with Crippen molar-refractivity contribution in [3.63, 3.8) is 0 Å². The summed E-state index contributed by atoms with van der Waals surface area (Å²) in [5.74, 6) is 0.730. The molecular weight excluding hydrogens is 204 g/mol. The number of anilines is 1. The predicted molar refractivity (Wildman–Crippen MR) is 62.6 cm³/mol. The van der Waals surface area contributed by atoms with Gasteiger partial charge in [0.2, 0.25) is 0 Å². The number of para-hydroxylation sites is 2. The number of carbonyl (C=O) groups excluding carboxylic acids is 1. The molecule has 4 nitrogen and oxygen atoms in total. The molecule has 0 spiro atoms. The number of fused-ring (bicyclic) bond motifs is 1. The fraction of sp³-hybridized carbons (Fsp3) is 0.417. The molecule has 0 saturated heterocycles. The maximum atomic E-state index is 11.8. The molecule has 2 N–H and O–H groups in total. The van der Waals surface area contributed by atoms with Gasteiger partial charge in [0.1, 0.15) is 5.75 Å². The van der Waals surface area contributed by atoms with Crippen LogP contribution in [-0.4, -0.2) is 25.1 Å². The zero-order chi connectivity index (χ0) is 11.5. The van der Waals surface area contributed by atoms with Crippen molar-refractivity contribution in [2.75, 3.05) is 18.1 Å². The molecule has 1 unspecified atom stereocenters. The molecule has 1 amide bonds. The van der Waals surface area contributed by atoms with Crippen molar-refractivity contribution in [3.8, 4) is 5.75 Å². The second-order valence-electron chi connectivity index (χ2n) is 3.93. The van der Waals surface area contributed by atoms with Gasteiger partial charge in [0, 0.05) is 12.6 Å². The number of hydrogen-bond acceptors (Lipinski definition) is 3. The van der Waals surface area contributed by atoms with E-state index in [-0.39, 0.29) is 18.6 Å². The van der Waals surface area contributed by atoms with Crippen LogP contribution in [-0.2, 0) is 4.79 Å². The molecule has 0 saturated carbocycles. The Labute approximate surface area is 95.0 Å². The minimum Gasteiger partial charge on any atom is -0.482 e. The Bertz CT molecular complexity index is 392. The van der Waals surface area contributed by atoms with Crippen molar-refractivity contribution in [2.24, 2.45) is 5.73 Å². The van der Waals surface area contributed by atoms with Crippen LogP contribution in [0.4, 0.5) is 5.69 Å². The van der Waals surface area contributed by atoms with Crippen LogP contribution in [0.5, 0.6) is 5.75 Å². The number of benzene rings is 1. The monoisotopic (exact) mass is 220 g/mol. The van der Waals surface area contributed by atoms with Crippen LogP contribution in [0.1, 0.15) is 13.3 Å². The number of amides is 1. The molecule has 1 heterocycles. The van der Waals surface area contributed by atoms with Gasteiger partial charge in [0.15, 0.2) is 6.61 Å². The fourth-order valence-corrected chi connectivity index (χ4v) is 1.72. The zero-order valence-corrected chi connectivity index (χ0v) is 9.35. The molecule has 1 aliphatic rings. The molecule has 0 radical (unpaired) electrons. The van der Waals surface area contributed by atoms with Gasteiger partial charge in [-0.3, -0.25) is 4.79 Å². The third-order valence-corrected chi connectivity index (χ3v) is 2.75. The summed E-state index contributed by atoms with van der Waals surface area (Å²) in [6.45, 7) is 2.67. The molecule has 0 aromatic heterocycles. The lowest BCUT2D eigenvalue weighted by Crippen LogP contribution is -2.45. The quantitative estimate of drug-likeness (QED) is 0.831. The van der Waals surface area contributed by atoms with E-state index in [2.05, 4.69) is 0 Å². The van der Waals surface area contributed by atoms with Crippen molar-refractivity contribution in [1.82, 2.24) is 0 Å². The first kappa shape index (κ1) is 11.0. The molecule has 0 aliphatic carbocycles. The lowest BCUT2D eigenvalue weighted by atomic mass is 10.1. The second kappa shape index (κ2) is 4.53. The summed E-state index contributed by atoms with van der Waals surface area (Å²) >= 11 is 0. The molecule has 1 aromatic rings. The van der Waals surface area contributed by atoms with Gasteiger partial charge in [-0.1, -0.05) is 19.1 Å². The smallest absolute Gasteiger partial charge is 0.265 e. The van der Waals surface area contributed by atoms with E-state index >= 15 is 0 Å². The Morgan fingerprint density at radius 1 is 1.50 bits per heavy atom. The van der Waals surface area contributed by atoms with E-state index in [4.69, 9.17) is 10.5 Å². The highest BCUT2D eigenvalue weighted by atomic mass is 16.5. The summed E-state index contributed by atoms with van der Waals surface area (Å²) in [4.78, 5) is 13.5. The number of ether oxygens (including phenoxy) is 1.